The molecule has 1 rings (SSSR count). The van der Waals surface area contributed by atoms with Crippen LogP contribution in [0.1, 0.15) is 6.42 Å². The molecule has 0 bridgehead atoms. The number of nitrogens with zero attached hydrogens (tertiary/aromatic N) is 2. The SMILES string of the molecule is COCCCNC(=O)CN(C)CCN1CCOCC1. The van der Waals surface area contributed by atoms with Crippen molar-refractivity contribution in [3.8, 4) is 0 Å². The third kappa shape index (κ3) is 8.15. The smallest absolute Gasteiger partial charge is 0.234 e. The number of likely N-dealkylation sites (N-methyl/N-ethyl adjacent to an activating group) is 1. The quantitative estimate of drug-likeness (QED) is 0.569. The molecule has 6 heteroatoms. The lowest BCUT2D eigenvalue weighted by Crippen LogP contribution is -2.43. The van der Waals surface area contributed by atoms with Gasteiger partial charge in [-0.1, -0.05) is 0 Å². The largest absolute Gasteiger partial charge is 0.385 e. The van der Waals surface area contributed by atoms with Crippen LogP contribution in [0.5, 0.6) is 0 Å². The summed E-state index contributed by atoms with van der Waals surface area (Å²) in [7, 11) is 3.65. The van der Waals surface area contributed by atoms with E-state index in [2.05, 4.69) is 15.1 Å². The van der Waals surface area contributed by atoms with Crippen LogP contribution < -0.4 is 5.32 Å². The predicted molar refractivity (Wildman–Crippen MR) is 74.3 cm³/mol. The summed E-state index contributed by atoms with van der Waals surface area (Å²) in [6.07, 6.45) is 0.861. The van der Waals surface area contributed by atoms with Crippen molar-refractivity contribution >= 4 is 5.91 Å². The van der Waals surface area contributed by atoms with Crippen molar-refractivity contribution in [1.29, 1.82) is 0 Å². The number of methoxy groups -OCH3 is 1. The van der Waals surface area contributed by atoms with Crippen LogP contribution in [0.15, 0.2) is 0 Å². The number of hydrogen-bond donors (Lipinski definition) is 1. The Morgan fingerprint density at radius 2 is 2.16 bits per heavy atom. The Hall–Kier alpha value is -0.690. The lowest BCUT2D eigenvalue weighted by atomic mass is 10.4. The van der Waals surface area contributed by atoms with Gasteiger partial charge in [0.2, 0.25) is 5.91 Å². The molecule has 0 aromatic carbocycles. The van der Waals surface area contributed by atoms with Gasteiger partial charge >= 0.3 is 0 Å². The number of rotatable bonds is 9. The van der Waals surface area contributed by atoms with Gasteiger partial charge in [-0.2, -0.15) is 0 Å². The molecule has 1 saturated heterocycles. The number of morpholine rings is 1. The van der Waals surface area contributed by atoms with Crippen LogP contribution in [0.3, 0.4) is 0 Å². The van der Waals surface area contributed by atoms with E-state index in [1.807, 2.05) is 7.05 Å². The molecular weight excluding hydrogens is 246 g/mol. The van der Waals surface area contributed by atoms with E-state index in [-0.39, 0.29) is 5.91 Å². The minimum atomic E-state index is 0.0839. The Morgan fingerprint density at radius 1 is 1.42 bits per heavy atom. The molecule has 1 N–H and O–H groups in total. The van der Waals surface area contributed by atoms with Gasteiger partial charge in [-0.25, -0.2) is 0 Å². The Bertz CT molecular complexity index is 245. The van der Waals surface area contributed by atoms with Crippen molar-refractivity contribution in [2.24, 2.45) is 0 Å². The molecule has 0 aromatic rings. The first kappa shape index (κ1) is 16.4. The fraction of sp³-hybridized carbons (Fsp3) is 0.923. The van der Waals surface area contributed by atoms with E-state index in [1.165, 1.54) is 0 Å². The Labute approximate surface area is 116 Å². The van der Waals surface area contributed by atoms with Gasteiger partial charge in [0.15, 0.2) is 0 Å². The van der Waals surface area contributed by atoms with Crippen LogP contribution in [0, 0.1) is 0 Å². The van der Waals surface area contributed by atoms with Crippen LogP contribution >= 0.6 is 0 Å². The van der Waals surface area contributed by atoms with Crippen LogP contribution in [0.25, 0.3) is 0 Å². The van der Waals surface area contributed by atoms with E-state index in [1.54, 1.807) is 7.11 Å². The highest BCUT2D eigenvalue weighted by molar-refractivity contribution is 5.77. The van der Waals surface area contributed by atoms with Gasteiger partial charge in [-0.3, -0.25) is 14.6 Å². The monoisotopic (exact) mass is 273 g/mol. The molecule has 1 fully saturated rings. The molecule has 112 valence electrons. The summed E-state index contributed by atoms with van der Waals surface area (Å²) in [5.74, 6) is 0.0839. The third-order valence-electron chi connectivity index (χ3n) is 3.16. The van der Waals surface area contributed by atoms with Gasteiger partial charge in [-0.05, 0) is 13.5 Å². The number of hydrogen-bond acceptors (Lipinski definition) is 5. The molecule has 1 aliphatic rings. The second kappa shape index (κ2) is 10.1. The van der Waals surface area contributed by atoms with Crippen molar-refractivity contribution < 1.29 is 14.3 Å². The zero-order valence-electron chi connectivity index (χ0n) is 12.2. The molecule has 6 nitrogen and oxygen atoms in total. The number of nitrogens with one attached hydrogen (secondary N) is 1. The van der Waals surface area contributed by atoms with Gasteiger partial charge < -0.3 is 14.8 Å². The molecule has 0 atom stereocenters. The lowest BCUT2D eigenvalue weighted by molar-refractivity contribution is -0.122. The molecule has 0 spiro atoms. The second-order valence-corrected chi connectivity index (χ2v) is 4.89. The van der Waals surface area contributed by atoms with Crippen molar-refractivity contribution in [1.82, 2.24) is 15.1 Å². The highest BCUT2D eigenvalue weighted by Crippen LogP contribution is 1.96. The van der Waals surface area contributed by atoms with Gasteiger partial charge in [-0.15, -0.1) is 0 Å². The molecule has 0 aromatic heterocycles. The molecule has 19 heavy (non-hydrogen) atoms. The molecule has 0 unspecified atom stereocenters. The van der Waals surface area contributed by atoms with Gasteiger partial charge in [0.25, 0.3) is 0 Å². The first-order valence-corrected chi connectivity index (χ1v) is 6.96. The van der Waals surface area contributed by atoms with E-state index in [9.17, 15) is 4.79 Å². The summed E-state index contributed by atoms with van der Waals surface area (Å²) in [5.41, 5.74) is 0. The van der Waals surface area contributed by atoms with Crippen LogP contribution in [0.4, 0.5) is 0 Å². The maximum atomic E-state index is 11.6. The van der Waals surface area contributed by atoms with Gasteiger partial charge in [0.05, 0.1) is 19.8 Å². The van der Waals surface area contributed by atoms with Crippen molar-refractivity contribution in [2.75, 3.05) is 73.2 Å². The summed E-state index contributed by atoms with van der Waals surface area (Å²) in [6, 6.07) is 0. The average molecular weight is 273 g/mol. The summed E-state index contributed by atoms with van der Waals surface area (Å²) < 4.78 is 10.2. The molecule has 0 aliphatic carbocycles. The number of ether oxygens (including phenoxy) is 2. The second-order valence-electron chi connectivity index (χ2n) is 4.89. The number of carbonyl (C=O) groups excluding carboxylic acids is 1. The Balaban J connectivity index is 2.02. The normalized spacial score (nSPS) is 16.8. The average Bonchev–Trinajstić information content (AvgIpc) is 2.42. The van der Waals surface area contributed by atoms with Gasteiger partial charge in [0, 0.05) is 46.4 Å². The highest BCUT2D eigenvalue weighted by Gasteiger charge is 2.12. The lowest BCUT2D eigenvalue weighted by Gasteiger charge is -2.28. The fourth-order valence-corrected chi connectivity index (χ4v) is 1.96. The number of carbonyl (C=O) groups is 1. The molecular formula is C13H27N3O3. The van der Waals surface area contributed by atoms with E-state index >= 15 is 0 Å². The summed E-state index contributed by atoms with van der Waals surface area (Å²) in [5, 5.41) is 2.89. The van der Waals surface area contributed by atoms with Crippen LogP contribution in [-0.4, -0.2) is 89.0 Å². The fourth-order valence-electron chi connectivity index (χ4n) is 1.96. The first-order chi connectivity index (χ1) is 9.22. The minimum absolute atomic E-state index is 0.0839. The highest BCUT2D eigenvalue weighted by atomic mass is 16.5. The van der Waals surface area contributed by atoms with Crippen molar-refractivity contribution in [3.63, 3.8) is 0 Å². The molecule has 1 aliphatic heterocycles. The van der Waals surface area contributed by atoms with E-state index < -0.39 is 0 Å². The Kier molecular flexibility index (Phi) is 8.73. The predicted octanol–water partition coefficient (Wildman–Crippen LogP) is -0.597. The van der Waals surface area contributed by atoms with Crippen molar-refractivity contribution in [3.05, 3.63) is 0 Å². The maximum Gasteiger partial charge on any atom is 0.234 e. The topological polar surface area (TPSA) is 54.0 Å². The summed E-state index contributed by atoms with van der Waals surface area (Å²) in [6.45, 7) is 7.37. The summed E-state index contributed by atoms with van der Waals surface area (Å²) in [4.78, 5) is 16.1. The van der Waals surface area contributed by atoms with E-state index in [4.69, 9.17) is 9.47 Å². The van der Waals surface area contributed by atoms with Crippen molar-refractivity contribution in [2.45, 2.75) is 6.42 Å². The van der Waals surface area contributed by atoms with E-state index in [0.29, 0.717) is 19.7 Å². The first-order valence-electron chi connectivity index (χ1n) is 6.96. The van der Waals surface area contributed by atoms with Gasteiger partial charge in [0.1, 0.15) is 0 Å². The maximum absolute atomic E-state index is 11.6. The molecule has 0 radical (unpaired) electrons. The minimum Gasteiger partial charge on any atom is -0.385 e. The van der Waals surface area contributed by atoms with Crippen LogP contribution in [0.2, 0.25) is 0 Å². The molecule has 1 amide bonds. The molecule has 0 saturated carbocycles. The zero-order valence-corrected chi connectivity index (χ0v) is 12.2. The summed E-state index contributed by atoms with van der Waals surface area (Å²) >= 11 is 0. The number of amides is 1. The van der Waals surface area contributed by atoms with Crippen LogP contribution in [-0.2, 0) is 14.3 Å². The zero-order chi connectivity index (χ0) is 13.9. The standard InChI is InChI=1S/C13H27N3O3/c1-15(5-6-16-7-10-19-11-8-16)12-13(17)14-4-3-9-18-2/h3-12H2,1-2H3,(H,14,17). The Morgan fingerprint density at radius 3 is 2.84 bits per heavy atom. The third-order valence-corrected chi connectivity index (χ3v) is 3.16. The van der Waals surface area contributed by atoms with E-state index in [0.717, 1.165) is 45.8 Å². The molecule has 1 heterocycles.